The predicted octanol–water partition coefficient (Wildman–Crippen LogP) is 5.59. The first-order valence-electron chi connectivity index (χ1n) is 11.1. The molecule has 0 aromatic carbocycles. The van der Waals surface area contributed by atoms with Crippen LogP contribution in [-0.4, -0.2) is 39.8 Å². The molecule has 156 valence electrons. The molecule has 0 aromatic heterocycles. The number of unbranched alkanes of at least 4 members (excludes halogenated alkanes) is 13. The molecule has 5 heteroatoms. The summed E-state index contributed by atoms with van der Waals surface area (Å²) in [5.41, 5.74) is 0. The van der Waals surface area contributed by atoms with Crippen molar-refractivity contribution in [3.05, 3.63) is 12.4 Å². The number of hydrogen-bond donors (Lipinski definition) is 2. The number of aliphatic hydroxyl groups is 1. The number of rotatable bonds is 18. The minimum Gasteiger partial charge on any atom is -0.477 e. The van der Waals surface area contributed by atoms with Crippen LogP contribution in [0.4, 0.5) is 0 Å². The highest BCUT2D eigenvalue weighted by Crippen LogP contribution is 2.21. The summed E-state index contributed by atoms with van der Waals surface area (Å²) in [6.45, 7) is 1.89. The number of quaternary nitrogens is 1. The lowest BCUT2D eigenvalue weighted by Gasteiger charge is -2.28. The van der Waals surface area contributed by atoms with Gasteiger partial charge in [-0.05, 0) is 6.42 Å². The van der Waals surface area contributed by atoms with E-state index >= 15 is 0 Å². The van der Waals surface area contributed by atoms with Crippen LogP contribution in [0.15, 0.2) is 17.4 Å². The van der Waals surface area contributed by atoms with Gasteiger partial charge in [-0.25, -0.2) is 14.3 Å². The van der Waals surface area contributed by atoms with E-state index in [-0.39, 0.29) is 17.8 Å². The van der Waals surface area contributed by atoms with Gasteiger partial charge in [0.2, 0.25) is 5.84 Å². The van der Waals surface area contributed by atoms with Crippen LogP contribution in [0.5, 0.6) is 0 Å². The summed E-state index contributed by atoms with van der Waals surface area (Å²) in [6.07, 6.45) is 22.6. The minimum atomic E-state index is -0.913. The van der Waals surface area contributed by atoms with Gasteiger partial charge in [0.25, 0.3) is 0 Å². The summed E-state index contributed by atoms with van der Waals surface area (Å²) in [6, 6.07) is 0. The normalized spacial score (nSPS) is 18.8. The molecule has 1 heterocycles. The molecular formula is C22H41N2O3+. The van der Waals surface area contributed by atoms with Crippen molar-refractivity contribution in [2.45, 2.75) is 103 Å². The number of aliphatic imine (C=N–C) groups is 1. The maximum Gasteiger partial charge on any atom is 0.360 e. The second-order valence-corrected chi connectivity index (χ2v) is 7.92. The van der Waals surface area contributed by atoms with Crippen molar-refractivity contribution in [1.29, 1.82) is 0 Å². The molecule has 1 aliphatic rings. The molecule has 0 radical (unpaired) electrons. The molecule has 0 bridgehead atoms. The van der Waals surface area contributed by atoms with Crippen LogP contribution >= 0.6 is 0 Å². The number of aliphatic hydroxyl groups excluding tert-OH is 1. The summed E-state index contributed by atoms with van der Waals surface area (Å²) in [4.78, 5) is 15.3. The molecule has 5 nitrogen and oxygen atoms in total. The average Bonchev–Trinajstić information content (AvgIpc) is 3.04. The molecule has 0 aromatic rings. The summed E-state index contributed by atoms with van der Waals surface area (Å²) < 4.78 is -0.0340. The molecule has 0 saturated heterocycles. The van der Waals surface area contributed by atoms with Crippen molar-refractivity contribution in [1.82, 2.24) is 0 Å². The topological polar surface area (TPSA) is 69.9 Å². The van der Waals surface area contributed by atoms with Crippen LogP contribution < -0.4 is 0 Å². The van der Waals surface area contributed by atoms with Gasteiger partial charge in [-0.3, -0.25) is 0 Å². The largest absolute Gasteiger partial charge is 0.477 e. The fourth-order valence-corrected chi connectivity index (χ4v) is 3.78. The van der Waals surface area contributed by atoms with Gasteiger partial charge in [0, 0.05) is 6.42 Å². The van der Waals surface area contributed by atoms with Gasteiger partial charge in [-0.1, -0.05) is 90.4 Å². The number of aliphatic carboxylic acids is 1. The zero-order chi connectivity index (χ0) is 19.8. The number of hydrogen-bond acceptors (Lipinski definition) is 3. The molecule has 1 rings (SSSR count). The molecular weight excluding hydrogens is 340 g/mol. The van der Waals surface area contributed by atoms with E-state index in [1.807, 2.05) is 0 Å². The molecule has 2 N–H and O–H groups in total. The Bertz CT molecular complexity index is 462. The monoisotopic (exact) mass is 381 g/mol. The predicted molar refractivity (Wildman–Crippen MR) is 111 cm³/mol. The second kappa shape index (κ2) is 14.8. The Morgan fingerprint density at radius 1 is 0.889 bits per heavy atom. The first-order chi connectivity index (χ1) is 13.1. The standard InChI is InChI=1S/C22H40N2O3/c1-2-3-4-5-6-7-8-9-10-11-12-13-14-15-16-21-23-17-18-24(21,20-25)19-22(26)27/h17-18,25H,2-16,19-20H2,1H3/p+1. The SMILES string of the molecule is CCCCCCCCCCCCCCCCC1=NC=C[N+]1(CO)CC(=O)O. The van der Waals surface area contributed by atoms with Gasteiger partial charge < -0.3 is 10.2 Å². The van der Waals surface area contributed by atoms with Gasteiger partial charge in [-0.15, -0.1) is 0 Å². The smallest absolute Gasteiger partial charge is 0.360 e. The number of carboxylic acids is 1. The Morgan fingerprint density at radius 3 is 1.81 bits per heavy atom. The van der Waals surface area contributed by atoms with E-state index in [2.05, 4.69) is 11.9 Å². The van der Waals surface area contributed by atoms with Gasteiger partial charge in [0.05, 0.1) is 6.20 Å². The lowest BCUT2D eigenvalue weighted by Crippen LogP contribution is -2.50. The highest BCUT2D eigenvalue weighted by atomic mass is 16.4. The Labute approximate surface area is 165 Å². The van der Waals surface area contributed by atoms with Gasteiger partial charge >= 0.3 is 5.97 Å². The zero-order valence-corrected chi connectivity index (χ0v) is 17.4. The molecule has 0 aliphatic carbocycles. The number of nitrogens with zero attached hydrogens (tertiary/aromatic N) is 2. The van der Waals surface area contributed by atoms with Crippen LogP contribution in [0.3, 0.4) is 0 Å². The molecule has 0 spiro atoms. The van der Waals surface area contributed by atoms with E-state index < -0.39 is 5.97 Å². The lowest BCUT2D eigenvalue weighted by atomic mass is 10.0. The third-order valence-corrected chi connectivity index (χ3v) is 5.51. The van der Waals surface area contributed by atoms with E-state index in [0.717, 1.165) is 25.1 Å². The molecule has 0 saturated carbocycles. The molecule has 1 unspecified atom stereocenters. The van der Waals surface area contributed by atoms with Crippen molar-refractivity contribution in [2.24, 2.45) is 4.99 Å². The second-order valence-electron chi connectivity index (χ2n) is 7.92. The summed E-state index contributed by atoms with van der Waals surface area (Å²) in [7, 11) is 0. The van der Waals surface area contributed by atoms with Crippen LogP contribution in [0.1, 0.15) is 103 Å². The molecule has 0 amide bonds. The highest BCUT2D eigenvalue weighted by molar-refractivity contribution is 5.81. The van der Waals surface area contributed by atoms with E-state index in [1.54, 1.807) is 12.4 Å². The van der Waals surface area contributed by atoms with Crippen molar-refractivity contribution in [2.75, 3.05) is 13.3 Å². The Hall–Kier alpha value is -1.20. The molecule has 27 heavy (non-hydrogen) atoms. The van der Waals surface area contributed by atoms with E-state index in [0.29, 0.717) is 0 Å². The van der Waals surface area contributed by atoms with Gasteiger partial charge in [-0.2, -0.15) is 0 Å². The molecule has 1 aliphatic heterocycles. The first kappa shape index (κ1) is 23.8. The first-order valence-corrected chi connectivity index (χ1v) is 11.1. The van der Waals surface area contributed by atoms with E-state index in [4.69, 9.17) is 5.11 Å². The number of amidine groups is 1. The number of carbonyl (C=O) groups is 1. The third kappa shape index (κ3) is 10.1. The van der Waals surface area contributed by atoms with Crippen molar-refractivity contribution in [3.8, 4) is 0 Å². The average molecular weight is 382 g/mol. The third-order valence-electron chi connectivity index (χ3n) is 5.51. The van der Waals surface area contributed by atoms with E-state index in [9.17, 15) is 9.90 Å². The van der Waals surface area contributed by atoms with Crippen molar-refractivity contribution < 1.29 is 19.5 Å². The quantitative estimate of drug-likeness (QED) is 0.240. The fourth-order valence-electron chi connectivity index (χ4n) is 3.78. The Morgan fingerprint density at radius 2 is 1.37 bits per heavy atom. The Kier molecular flexibility index (Phi) is 13.1. The summed E-state index contributed by atoms with van der Waals surface area (Å²) in [5.74, 6) is -0.136. The summed E-state index contributed by atoms with van der Waals surface area (Å²) >= 11 is 0. The van der Waals surface area contributed by atoms with Crippen LogP contribution in [0, 0.1) is 0 Å². The van der Waals surface area contributed by atoms with Crippen molar-refractivity contribution in [3.63, 3.8) is 0 Å². The molecule has 0 fully saturated rings. The minimum absolute atomic E-state index is 0.0340. The molecule has 1 atom stereocenters. The lowest BCUT2D eigenvalue weighted by molar-refractivity contribution is -0.802. The maximum atomic E-state index is 11.1. The van der Waals surface area contributed by atoms with Gasteiger partial charge in [0.15, 0.2) is 13.3 Å². The highest BCUT2D eigenvalue weighted by Gasteiger charge is 2.36. The maximum absolute atomic E-state index is 11.1. The van der Waals surface area contributed by atoms with Crippen LogP contribution in [0.2, 0.25) is 0 Å². The number of carboxylic acid groups (broad SMARTS) is 1. The zero-order valence-electron chi connectivity index (χ0n) is 17.4. The summed E-state index contributed by atoms with van der Waals surface area (Å²) in [5, 5.41) is 18.7. The van der Waals surface area contributed by atoms with E-state index in [1.165, 1.54) is 77.0 Å². The van der Waals surface area contributed by atoms with Crippen LogP contribution in [-0.2, 0) is 4.79 Å². The Balaban J connectivity index is 1.96. The van der Waals surface area contributed by atoms with Crippen LogP contribution in [0.25, 0.3) is 0 Å². The van der Waals surface area contributed by atoms with Gasteiger partial charge in [0.1, 0.15) is 6.20 Å². The van der Waals surface area contributed by atoms with Crippen molar-refractivity contribution >= 4 is 11.8 Å². The fraction of sp³-hybridized carbons (Fsp3) is 0.818.